The van der Waals surface area contributed by atoms with Gasteiger partial charge in [-0.3, -0.25) is 0 Å². The van der Waals surface area contributed by atoms with E-state index in [0.29, 0.717) is 32.2 Å². The fourth-order valence-electron chi connectivity index (χ4n) is 2.27. The number of aliphatic hydroxyl groups excluding tert-OH is 1. The van der Waals surface area contributed by atoms with Crippen LogP contribution in [0.5, 0.6) is 0 Å². The van der Waals surface area contributed by atoms with Crippen molar-refractivity contribution in [1.82, 2.24) is 9.62 Å². The van der Waals surface area contributed by atoms with E-state index in [2.05, 4.69) is 5.32 Å². The number of nitrogens with one attached hydrogen (secondary N) is 1. The lowest BCUT2D eigenvalue weighted by atomic mass is 10.00. The minimum atomic E-state index is -3.04. The van der Waals surface area contributed by atoms with Crippen molar-refractivity contribution in [3.05, 3.63) is 0 Å². The summed E-state index contributed by atoms with van der Waals surface area (Å²) in [6.07, 6.45) is 4.21. The van der Waals surface area contributed by atoms with Gasteiger partial charge in [0.1, 0.15) is 0 Å². The fourth-order valence-corrected chi connectivity index (χ4v) is 3.21. The van der Waals surface area contributed by atoms with E-state index in [4.69, 9.17) is 9.84 Å². The van der Waals surface area contributed by atoms with Crippen molar-refractivity contribution in [2.75, 3.05) is 52.3 Å². The molecule has 114 valence electrons. The quantitative estimate of drug-likeness (QED) is 0.568. The molecule has 6 nitrogen and oxygen atoms in total. The molecule has 1 atom stereocenters. The van der Waals surface area contributed by atoms with Crippen LogP contribution in [0.15, 0.2) is 0 Å². The molecule has 0 amide bonds. The van der Waals surface area contributed by atoms with E-state index in [1.165, 1.54) is 6.26 Å². The maximum atomic E-state index is 11.5. The Morgan fingerprint density at radius 1 is 1.42 bits per heavy atom. The number of ether oxygens (including phenoxy) is 1. The van der Waals surface area contributed by atoms with Gasteiger partial charge < -0.3 is 15.2 Å². The van der Waals surface area contributed by atoms with Crippen LogP contribution in [0.2, 0.25) is 0 Å². The first kappa shape index (κ1) is 16.8. The maximum Gasteiger partial charge on any atom is 0.211 e. The largest absolute Gasteiger partial charge is 0.394 e. The zero-order chi connectivity index (χ0) is 14.1. The van der Waals surface area contributed by atoms with Crippen molar-refractivity contribution < 1.29 is 18.3 Å². The third-order valence-electron chi connectivity index (χ3n) is 3.26. The van der Waals surface area contributed by atoms with Crippen molar-refractivity contribution in [2.45, 2.75) is 19.3 Å². The average molecular weight is 294 g/mol. The highest BCUT2D eigenvalue weighted by Gasteiger charge is 2.25. The summed E-state index contributed by atoms with van der Waals surface area (Å²) in [6.45, 7) is 4.11. The molecular weight excluding hydrogens is 268 g/mol. The normalized spacial score (nSPS) is 21.7. The van der Waals surface area contributed by atoms with Gasteiger partial charge in [-0.15, -0.1) is 0 Å². The summed E-state index contributed by atoms with van der Waals surface area (Å²) in [6, 6.07) is 0. The summed E-state index contributed by atoms with van der Waals surface area (Å²) in [5.41, 5.74) is 0. The van der Waals surface area contributed by atoms with Crippen LogP contribution in [0.3, 0.4) is 0 Å². The Bertz CT molecular complexity index is 335. The highest BCUT2D eigenvalue weighted by molar-refractivity contribution is 7.88. The molecule has 0 saturated carbocycles. The van der Waals surface area contributed by atoms with Gasteiger partial charge >= 0.3 is 0 Å². The van der Waals surface area contributed by atoms with E-state index in [9.17, 15) is 8.42 Å². The van der Waals surface area contributed by atoms with Crippen LogP contribution in [0.25, 0.3) is 0 Å². The molecule has 1 rings (SSSR count). The van der Waals surface area contributed by atoms with Crippen molar-refractivity contribution in [2.24, 2.45) is 5.92 Å². The monoisotopic (exact) mass is 294 g/mol. The first-order valence-electron chi connectivity index (χ1n) is 6.88. The highest BCUT2D eigenvalue weighted by Crippen LogP contribution is 2.17. The molecule has 0 bridgehead atoms. The zero-order valence-corrected chi connectivity index (χ0v) is 12.5. The molecule has 0 aromatic rings. The Morgan fingerprint density at radius 2 is 2.21 bits per heavy atom. The molecule has 1 unspecified atom stereocenters. The second kappa shape index (κ2) is 8.86. The van der Waals surface area contributed by atoms with Crippen molar-refractivity contribution in [1.29, 1.82) is 0 Å². The van der Waals surface area contributed by atoms with Gasteiger partial charge in [-0.25, -0.2) is 12.7 Å². The summed E-state index contributed by atoms with van der Waals surface area (Å²) < 4.78 is 29.7. The van der Waals surface area contributed by atoms with Gasteiger partial charge in [-0.1, -0.05) is 0 Å². The van der Waals surface area contributed by atoms with Gasteiger partial charge in [0.25, 0.3) is 0 Å². The van der Waals surface area contributed by atoms with Crippen LogP contribution in [0.1, 0.15) is 19.3 Å². The number of hydrogen-bond donors (Lipinski definition) is 2. The lowest BCUT2D eigenvalue weighted by Crippen LogP contribution is -2.42. The van der Waals surface area contributed by atoms with Gasteiger partial charge in [0, 0.05) is 19.7 Å². The fraction of sp³-hybridized carbons (Fsp3) is 1.00. The summed E-state index contributed by atoms with van der Waals surface area (Å²) in [7, 11) is -3.04. The number of aliphatic hydroxyl groups is 1. The van der Waals surface area contributed by atoms with Crippen LogP contribution in [-0.2, 0) is 14.8 Å². The number of nitrogens with zero attached hydrogens (tertiary/aromatic N) is 1. The molecular formula is C12H26N2O4S. The van der Waals surface area contributed by atoms with Gasteiger partial charge in [0.15, 0.2) is 0 Å². The summed E-state index contributed by atoms with van der Waals surface area (Å²) >= 11 is 0. The Morgan fingerprint density at radius 3 is 2.89 bits per heavy atom. The van der Waals surface area contributed by atoms with Crippen LogP contribution in [-0.4, -0.2) is 70.1 Å². The lowest BCUT2D eigenvalue weighted by molar-refractivity contribution is 0.0905. The molecule has 1 heterocycles. The van der Waals surface area contributed by atoms with Gasteiger partial charge in [-0.05, 0) is 38.3 Å². The molecule has 2 N–H and O–H groups in total. The van der Waals surface area contributed by atoms with Crippen LogP contribution >= 0.6 is 0 Å². The van der Waals surface area contributed by atoms with Gasteiger partial charge in [0.2, 0.25) is 10.0 Å². The standard InChI is InChI=1S/C12H26N2O4S/c1-19(16,17)14-6-2-4-12(11-14)10-13-5-3-8-18-9-7-15/h12-13,15H,2-11H2,1H3. The van der Waals surface area contributed by atoms with Crippen molar-refractivity contribution in [3.8, 4) is 0 Å². The number of hydrogen-bond acceptors (Lipinski definition) is 5. The third-order valence-corrected chi connectivity index (χ3v) is 4.53. The molecule has 1 aliphatic rings. The van der Waals surface area contributed by atoms with Crippen LogP contribution in [0, 0.1) is 5.92 Å². The van der Waals surface area contributed by atoms with E-state index < -0.39 is 10.0 Å². The molecule has 0 spiro atoms. The molecule has 19 heavy (non-hydrogen) atoms. The van der Waals surface area contributed by atoms with E-state index in [1.807, 2.05) is 0 Å². The Labute approximate surface area is 116 Å². The van der Waals surface area contributed by atoms with E-state index in [-0.39, 0.29) is 6.61 Å². The van der Waals surface area contributed by atoms with Crippen molar-refractivity contribution >= 4 is 10.0 Å². The second-order valence-corrected chi connectivity index (χ2v) is 7.01. The lowest BCUT2D eigenvalue weighted by Gasteiger charge is -2.31. The summed E-state index contributed by atoms with van der Waals surface area (Å²) in [5.74, 6) is 0.404. The van der Waals surface area contributed by atoms with Crippen LogP contribution in [0.4, 0.5) is 0 Å². The summed E-state index contributed by atoms with van der Waals surface area (Å²) in [4.78, 5) is 0. The molecule has 7 heteroatoms. The molecule has 1 saturated heterocycles. The Balaban J connectivity index is 2.09. The first-order valence-corrected chi connectivity index (χ1v) is 8.73. The predicted molar refractivity (Wildman–Crippen MR) is 74.5 cm³/mol. The molecule has 0 aromatic heterocycles. The minimum absolute atomic E-state index is 0.0663. The average Bonchev–Trinajstić information content (AvgIpc) is 2.37. The van der Waals surface area contributed by atoms with E-state index in [1.54, 1.807) is 4.31 Å². The molecule has 1 fully saturated rings. The van der Waals surface area contributed by atoms with Crippen LogP contribution < -0.4 is 5.32 Å². The summed E-state index contributed by atoms with van der Waals surface area (Å²) in [5, 5.41) is 11.9. The number of sulfonamides is 1. The molecule has 1 aliphatic heterocycles. The minimum Gasteiger partial charge on any atom is -0.394 e. The predicted octanol–water partition coefficient (Wildman–Crippen LogP) is -0.353. The maximum absolute atomic E-state index is 11.5. The van der Waals surface area contributed by atoms with E-state index >= 15 is 0 Å². The van der Waals surface area contributed by atoms with Crippen molar-refractivity contribution in [3.63, 3.8) is 0 Å². The second-order valence-electron chi connectivity index (χ2n) is 5.02. The number of piperidine rings is 1. The Hall–Kier alpha value is -0.210. The highest BCUT2D eigenvalue weighted by atomic mass is 32.2. The van der Waals surface area contributed by atoms with E-state index in [0.717, 1.165) is 32.4 Å². The molecule has 0 aliphatic carbocycles. The van der Waals surface area contributed by atoms with Gasteiger partial charge in [-0.2, -0.15) is 0 Å². The molecule has 0 radical (unpaired) electrons. The Kier molecular flexibility index (Phi) is 7.86. The zero-order valence-electron chi connectivity index (χ0n) is 11.7. The molecule has 0 aromatic carbocycles. The SMILES string of the molecule is CS(=O)(=O)N1CCCC(CNCCCOCCO)C1. The third kappa shape index (κ3) is 7.22. The first-order chi connectivity index (χ1) is 9.04. The smallest absolute Gasteiger partial charge is 0.211 e. The van der Waals surface area contributed by atoms with Gasteiger partial charge in [0.05, 0.1) is 19.5 Å². The number of rotatable bonds is 9. The topological polar surface area (TPSA) is 78.9 Å².